The maximum atomic E-state index is 12.7. The van der Waals surface area contributed by atoms with Crippen LogP contribution in [0.3, 0.4) is 0 Å². The van der Waals surface area contributed by atoms with E-state index < -0.39 is 17.0 Å². The first-order valence-electron chi connectivity index (χ1n) is 9.30. The average molecular weight is 365 g/mol. The van der Waals surface area contributed by atoms with E-state index in [1.807, 2.05) is 30.6 Å². The van der Waals surface area contributed by atoms with Gasteiger partial charge < -0.3 is 24.5 Å². The predicted molar refractivity (Wildman–Crippen MR) is 91.6 cm³/mol. The van der Waals surface area contributed by atoms with Gasteiger partial charge in [-0.15, -0.1) is 0 Å². The maximum absolute atomic E-state index is 12.7. The molecule has 2 bridgehead atoms. The van der Waals surface area contributed by atoms with Crippen LogP contribution in [0, 0.1) is 10.8 Å². The lowest BCUT2D eigenvalue weighted by Crippen LogP contribution is -2.68. The number of carbonyl (C=O) groups is 3. The zero-order chi connectivity index (χ0) is 18.9. The number of carboxylic acids is 1. The normalized spacial score (nSPS) is 35.6. The Bertz CT molecular complexity index is 650. The van der Waals surface area contributed by atoms with Crippen molar-refractivity contribution in [2.75, 3.05) is 32.7 Å². The van der Waals surface area contributed by atoms with Crippen molar-refractivity contribution in [1.82, 2.24) is 14.7 Å². The Kier molecular flexibility index (Phi) is 3.53. The van der Waals surface area contributed by atoms with Gasteiger partial charge in [-0.25, -0.2) is 9.59 Å². The molecular formula is C18H27N3O5. The molecule has 144 valence electrons. The summed E-state index contributed by atoms with van der Waals surface area (Å²) in [5, 5.41) is 9.25. The molecule has 5 rings (SSSR count). The van der Waals surface area contributed by atoms with Crippen molar-refractivity contribution in [3.05, 3.63) is 0 Å². The summed E-state index contributed by atoms with van der Waals surface area (Å²) < 4.78 is 5.44. The number of urea groups is 1. The molecule has 5 fully saturated rings. The van der Waals surface area contributed by atoms with Crippen LogP contribution in [0.4, 0.5) is 9.59 Å². The first kappa shape index (κ1) is 17.4. The van der Waals surface area contributed by atoms with Crippen LogP contribution in [0.2, 0.25) is 0 Å². The monoisotopic (exact) mass is 365 g/mol. The number of carboxylic acid groups (broad SMARTS) is 1. The van der Waals surface area contributed by atoms with Gasteiger partial charge in [0, 0.05) is 32.7 Å². The molecule has 2 saturated heterocycles. The lowest BCUT2D eigenvalue weighted by atomic mass is 9.35. The maximum Gasteiger partial charge on any atom is 0.410 e. The number of hydrogen-bond acceptors (Lipinski definition) is 4. The fraction of sp³-hybridized carbons (Fsp3) is 0.833. The van der Waals surface area contributed by atoms with Crippen LogP contribution in [-0.2, 0) is 9.53 Å². The van der Waals surface area contributed by atoms with E-state index in [-0.39, 0.29) is 23.6 Å². The Hall–Kier alpha value is -1.99. The van der Waals surface area contributed by atoms with Gasteiger partial charge in [0.2, 0.25) is 0 Å². The highest BCUT2D eigenvalue weighted by atomic mass is 16.6. The minimum Gasteiger partial charge on any atom is -0.481 e. The number of piperazine rings is 1. The number of carbonyl (C=O) groups excluding carboxylic acids is 2. The summed E-state index contributed by atoms with van der Waals surface area (Å²) in [7, 11) is 0. The summed E-state index contributed by atoms with van der Waals surface area (Å²) in [6, 6.07) is 0.0116. The van der Waals surface area contributed by atoms with Gasteiger partial charge >= 0.3 is 18.1 Å². The number of hydrogen-bond donors (Lipinski definition) is 1. The molecular weight excluding hydrogens is 338 g/mol. The molecule has 1 atom stereocenters. The van der Waals surface area contributed by atoms with E-state index in [2.05, 4.69) is 0 Å². The molecule has 5 aliphatic rings. The third-order valence-electron chi connectivity index (χ3n) is 6.20. The van der Waals surface area contributed by atoms with Gasteiger partial charge in [0.15, 0.2) is 0 Å². The Morgan fingerprint density at radius 3 is 2.42 bits per heavy atom. The van der Waals surface area contributed by atoms with E-state index in [0.717, 1.165) is 0 Å². The van der Waals surface area contributed by atoms with Crippen LogP contribution in [0.25, 0.3) is 0 Å². The molecule has 8 nitrogen and oxygen atoms in total. The van der Waals surface area contributed by atoms with Crippen molar-refractivity contribution >= 4 is 18.1 Å². The van der Waals surface area contributed by atoms with Crippen LogP contribution < -0.4 is 0 Å². The summed E-state index contributed by atoms with van der Waals surface area (Å²) >= 11 is 0. The van der Waals surface area contributed by atoms with Crippen LogP contribution in [-0.4, -0.2) is 82.3 Å². The van der Waals surface area contributed by atoms with E-state index in [0.29, 0.717) is 52.0 Å². The molecule has 0 unspecified atom stereocenters. The second-order valence-corrected chi connectivity index (χ2v) is 9.55. The standard InChI is InChI=1S/C18H27N3O5/c1-16(2,3)26-15(25)19-4-5-21-12(6-19)7-20(14(21)24)11-17-8-18(9-17,10-17)13(22)23/h12H,4-11H2,1-3H3,(H,22,23)/t12-,17?,18?/m0/s1. The van der Waals surface area contributed by atoms with Crippen LogP contribution in [0.5, 0.6) is 0 Å². The van der Waals surface area contributed by atoms with Crippen LogP contribution in [0.15, 0.2) is 0 Å². The molecule has 2 heterocycles. The molecule has 0 aromatic carbocycles. The quantitative estimate of drug-likeness (QED) is 0.820. The summed E-state index contributed by atoms with van der Waals surface area (Å²) in [5.74, 6) is -0.697. The third kappa shape index (κ3) is 2.61. The summed E-state index contributed by atoms with van der Waals surface area (Å²) in [5.41, 5.74) is -1.03. The van der Waals surface area contributed by atoms with E-state index in [1.165, 1.54) is 0 Å². The third-order valence-corrected chi connectivity index (χ3v) is 6.20. The van der Waals surface area contributed by atoms with Crippen molar-refractivity contribution in [1.29, 1.82) is 0 Å². The lowest BCUT2D eigenvalue weighted by Gasteiger charge is -2.68. The van der Waals surface area contributed by atoms with Gasteiger partial charge in [0.1, 0.15) is 5.60 Å². The highest BCUT2D eigenvalue weighted by Crippen LogP contribution is 2.73. The average Bonchev–Trinajstić information content (AvgIpc) is 2.74. The summed E-state index contributed by atoms with van der Waals surface area (Å²) in [4.78, 5) is 41.6. The van der Waals surface area contributed by atoms with Crippen molar-refractivity contribution in [2.24, 2.45) is 10.8 Å². The Balaban J connectivity index is 1.34. The molecule has 2 aliphatic heterocycles. The predicted octanol–water partition coefficient (Wildman–Crippen LogP) is 1.60. The van der Waals surface area contributed by atoms with Gasteiger partial charge in [0.25, 0.3) is 0 Å². The molecule has 0 aromatic rings. The number of ether oxygens (including phenoxy) is 1. The van der Waals surface area contributed by atoms with Crippen molar-refractivity contribution in [3.8, 4) is 0 Å². The molecule has 0 spiro atoms. The molecule has 26 heavy (non-hydrogen) atoms. The number of fused-ring (bicyclic) bond motifs is 1. The molecule has 3 aliphatic carbocycles. The van der Waals surface area contributed by atoms with Crippen molar-refractivity contribution < 1.29 is 24.2 Å². The number of nitrogens with zero attached hydrogens (tertiary/aromatic N) is 3. The molecule has 1 N–H and O–H groups in total. The van der Waals surface area contributed by atoms with Gasteiger partial charge in [-0.3, -0.25) is 4.79 Å². The summed E-state index contributed by atoms with van der Waals surface area (Å²) in [6.45, 7) is 8.26. The van der Waals surface area contributed by atoms with Crippen LogP contribution >= 0.6 is 0 Å². The largest absolute Gasteiger partial charge is 0.481 e. The topological polar surface area (TPSA) is 90.4 Å². The highest BCUT2D eigenvalue weighted by Gasteiger charge is 2.72. The minimum atomic E-state index is -0.697. The first-order chi connectivity index (χ1) is 12.0. The van der Waals surface area contributed by atoms with Gasteiger partial charge in [-0.05, 0) is 45.4 Å². The SMILES string of the molecule is CC(C)(C)OC(=O)N1CCN2C(=O)N(CC34CC(C(=O)O)(C3)C4)C[C@@H]2C1. The van der Waals surface area contributed by atoms with Gasteiger partial charge in [-0.2, -0.15) is 0 Å². The van der Waals surface area contributed by atoms with Crippen molar-refractivity contribution in [2.45, 2.75) is 51.7 Å². The first-order valence-corrected chi connectivity index (χ1v) is 9.30. The Morgan fingerprint density at radius 1 is 1.19 bits per heavy atom. The van der Waals surface area contributed by atoms with E-state index >= 15 is 0 Å². The molecule has 3 saturated carbocycles. The second-order valence-electron chi connectivity index (χ2n) is 9.55. The van der Waals surface area contributed by atoms with Crippen LogP contribution in [0.1, 0.15) is 40.0 Å². The minimum absolute atomic E-state index is 0.00746. The fourth-order valence-corrected chi connectivity index (χ4v) is 5.20. The lowest BCUT2D eigenvalue weighted by molar-refractivity contribution is -0.225. The summed E-state index contributed by atoms with van der Waals surface area (Å²) in [6.07, 6.45) is 1.74. The Morgan fingerprint density at radius 2 is 1.85 bits per heavy atom. The number of amides is 3. The van der Waals surface area contributed by atoms with E-state index in [9.17, 15) is 19.5 Å². The van der Waals surface area contributed by atoms with E-state index in [1.54, 1.807) is 4.90 Å². The number of aliphatic carboxylic acids is 1. The van der Waals surface area contributed by atoms with E-state index in [4.69, 9.17) is 4.74 Å². The highest BCUT2D eigenvalue weighted by molar-refractivity contribution is 5.81. The number of rotatable bonds is 3. The Labute approximate surface area is 153 Å². The smallest absolute Gasteiger partial charge is 0.410 e. The zero-order valence-corrected chi connectivity index (χ0v) is 15.7. The van der Waals surface area contributed by atoms with Gasteiger partial charge in [-0.1, -0.05) is 0 Å². The van der Waals surface area contributed by atoms with Gasteiger partial charge in [0.05, 0.1) is 11.5 Å². The van der Waals surface area contributed by atoms with Crippen molar-refractivity contribution in [3.63, 3.8) is 0 Å². The molecule has 0 radical (unpaired) electrons. The molecule has 3 amide bonds. The zero-order valence-electron chi connectivity index (χ0n) is 15.7. The molecule has 0 aromatic heterocycles. The fourth-order valence-electron chi connectivity index (χ4n) is 5.20. The molecule has 8 heteroatoms. The second kappa shape index (κ2) is 5.27.